The van der Waals surface area contributed by atoms with Gasteiger partial charge in [-0.15, -0.1) is 0 Å². The van der Waals surface area contributed by atoms with Crippen molar-refractivity contribution < 1.29 is 9.53 Å². The van der Waals surface area contributed by atoms with Crippen LogP contribution in [0.1, 0.15) is 51.9 Å². The Balaban J connectivity index is 1.98. The third-order valence-corrected chi connectivity index (χ3v) is 4.11. The summed E-state index contributed by atoms with van der Waals surface area (Å²) < 4.78 is 4.96. The van der Waals surface area contributed by atoms with E-state index in [0.717, 1.165) is 12.8 Å². The molecule has 0 aromatic rings. The summed E-state index contributed by atoms with van der Waals surface area (Å²) in [6, 6.07) is 0.512. The summed E-state index contributed by atoms with van der Waals surface area (Å²) in [5.74, 6) is 0.405. The molecule has 2 rings (SSSR count). The quantitative estimate of drug-likeness (QED) is 0.746. The zero-order valence-corrected chi connectivity index (χ0v) is 10.4. The van der Waals surface area contributed by atoms with Gasteiger partial charge in [-0.25, -0.2) is 0 Å². The number of methoxy groups -OCH3 is 1. The Kier molecular flexibility index (Phi) is 3.53. The molecule has 16 heavy (non-hydrogen) atoms. The highest BCUT2D eigenvalue weighted by Gasteiger charge is 2.49. The molecular formula is C13H23NO2. The first-order valence-electron chi connectivity index (χ1n) is 6.53. The maximum atomic E-state index is 11.9. The fourth-order valence-corrected chi connectivity index (χ4v) is 2.89. The largest absolute Gasteiger partial charge is 0.468 e. The first kappa shape index (κ1) is 11.9. The number of ether oxygens (including phenoxy) is 1. The molecule has 2 aliphatic carbocycles. The molecule has 2 fully saturated rings. The van der Waals surface area contributed by atoms with E-state index in [4.69, 9.17) is 4.74 Å². The molecule has 3 heteroatoms. The molecule has 0 aliphatic heterocycles. The van der Waals surface area contributed by atoms with Gasteiger partial charge in [-0.1, -0.05) is 19.3 Å². The molecule has 1 unspecified atom stereocenters. The Morgan fingerprint density at radius 1 is 1.19 bits per heavy atom. The van der Waals surface area contributed by atoms with Crippen LogP contribution >= 0.6 is 0 Å². The van der Waals surface area contributed by atoms with Gasteiger partial charge in [0.25, 0.3) is 0 Å². The number of nitrogens with one attached hydrogen (secondary N) is 1. The van der Waals surface area contributed by atoms with Crippen LogP contribution in [0, 0.1) is 5.92 Å². The summed E-state index contributed by atoms with van der Waals surface area (Å²) in [6.45, 7) is 2.02. The van der Waals surface area contributed by atoms with Gasteiger partial charge < -0.3 is 4.74 Å². The molecule has 2 aliphatic rings. The Hall–Kier alpha value is -0.570. The van der Waals surface area contributed by atoms with Crippen LogP contribution in [0.15, 0.2) is 0 Å². The van der Waals surface area contributed by atoms with Gasteiger partial charge in [-0.2, -0.15) is 0 Å². The molecule has 3 nitrogen and oxygen atoms in total. The van der Waals surface area contributed by atoms with E-state index in [0.29, 0.717) is 12.0 Å². The molecule has 0 spiro atoms. The number of hydrogen-bond donors (Lipinski definition) is 1. The van der Waals surface area contributed by atoms with Crippen LogP contribution in [0.2, 0.25) is 0 Å². The average Bonchev–Trinajstić information content (AvgIpc) is 3.13. The summed E-state index contributed by atoms with van der Waals surface area (Å²) >= 11 is 0. The Morgan fingerprint density at radius 2 is 1.81 bits per heavy atom. The van der Waals surface area contributed by atoms with Crippen molar-refractivity contribution in [3.63, 3.8) is 0 Å². The first-order valence-corrected chi connectivity index (χ1v) is 6.53. The predicted molar refractivity (Wildman–Crippen MR) is 63.2 cm³/mol. The predicted octanol–water partition coefficient (Wildman–Crippen LogP) is 2.25. The van der Waals surface area contributed by atoms with Gasteiger partial charge in [-0.3, -0.25) is 10.1 Å². The maximum absolute atomic E-state index is 11.9. The molecule has 1 N–H and O–H groups in total. The van der Waals surface area contributed by atoms with E-state index < -0.39 is 5.54 Å². The highest BCUT2D eigenvalue weighted by Crippen LogP contribution is 2.41. The molecule has 0 radical (unpaired) electrons. The maximum Gasteiger partial charge on any atom is 0.326 e. The number of carbonyl (C=O) groups excluding carboxylic acids is 1. The van der Waals surface area contributed by atoms with E-state index in [1.54, 1.807) is 0 Å². The van der Waals surface area contributed by atoms with Crippen molar-refractivity contribution in [3.8, 4) is 0 Å². The molecule has 2 saturated carbocycles. The molecule has 0 aromatic carbocycles. The molecule has 0 heterocycles. The van der Waals surface area contributed by atoms with Gasteiger partial charge in [0, 0.05) is 6.04 Å². The minimum absolute atomic E-state index is 0.0828. The molecule has 0 bridgehead atoms. The molecular weight excluding hydrogens is 202 g/mol. The van der Waals surface area contributed by atoms with Crippen molar-refractivity contribution in [1.29, 1.82) is 0 Å². The van der Waals surface area contributed by atoms with E-state index in [9.17, 15) is 4.79 Å². The monoisotopic (exact) mass is 225 g/mol. The first-order chi connectivity index (χ1) is 7.66. The standard InChI is InChI=1S/C13H23NO2/c1-13(10-8-9-10,12(15)16-2)14-11-6-4-3-5-7-11/h10-11,14H,3-9H2,1-2H3. The van der Waals surface area contributed by atoms with E-state index in [1.165, 1.54) is 39.2 Å². The minimum atomic E-state index is -0.434. The lowest BCUT2D eigenvalue weighted by atomic mass is 9.89. The SMILES string of the molecule is COC(=O)C(C)(NC1CCCCC1)C1CC1. The lowest BCUT2D eigenvalue weighted by Gasteiger charge is -2.34. The number of hydrogen-bond acceptors (Lipinski definition) is 3. The van der Waals surface area contributed by atoms with Crippen LogP contribution < -0.4 is 5.32 Å². The highest BCUT2D eigenvalue weighted by atomic mass is 16.5. The van der Waals surface area contributed by atoms with Crippen molar-refractivity contribution in [1.82, 2.24) is 5.32 Å². The normalized spacial score (nSPS) is 26.1. The third kappa shape index (κ3) is 2.40. The number of esters is 1. The van der Waals surface area contributed by atoms with Gasteiger partial charge in [0.1, 0.15) is 5.54 Å². The Morgan fingerprint density at radius 3 is 2.31 bits per heavy atom. The second-order valence-electron chi connectivity index (χ2n) is 5.45. The van der Waals surface area contributed by atoms with E-state index in [2.05, 4.69) is 5.32 Å². The summed E-state index contributed by atoms with van der Waals surface area (Å²) in [7, 11) is 1.49. The van der Waals surface area contributed by atoms with E-state index >= 15 is 0 Å². The third-order valence-electron chi connectivity index (χ3n) is 4.11. The van der Waals surface area contributed by atoms with Gasteiger partial charge in [0.15, 0.2) is 0 Å². The summed E-state index contributed by atoms with van der Waals surface area (Å²) in [6.07, 6.45) is 8.66. The van der Waals surface area contributed by atoms with Crippen molar-refractivity contribution in [2.75, 3.05) is 7.11 Å². The van der Waals surface area contributed by atoms with Gasteiger partial charge in [-0.05, 0) is 38.5 Å². The summed E-state index contributed by atoms with van der Waals surface area (Å²) in [5.41, 5.74) is -0.434. The Bertz CT molecular complexity index is 257. The van der Waals surface area contributed by atoms with Gasteiger partial charge >= 0.3 is 5.97 Å². The molecule has 0 aromatic heterocycles. The second-order valence-corrected chi connectivity index (χ2v) is 5.45. The average molecular weight is 225 g/mol. The lowest BCUT2D eigenvalue weighted by molar-refractivity contribution is -0.149. The molecule has 0 amide bonds. The molecule has 0 saturated heterocycles. The van der Waals surface area contributed by atoms with Crippen LogP contribution in [0.5, 0.6) is 0 Å². The minimum Gasteiger partial charge on any atom is -0.468 e. The Labute approximate surface area is 97.9 Å². The second kappa shape index (κ2) is 4.74. The lowest BCUT2D eigenvalue weighted by Crippen LogP contribution is -2.56. The number of rotatable bonds is 4. The van der Waals surface area contributed by atoms with Crippen molar-refractivity contribution in [3.05, 3.63) is 0 Å². The topological polar surface area (TPSA) is 38.3 Å². The number of carbonyl (C=O) groups is 1. The van der Waals surface area contributed by atoms with E-state index in [-0.39, 0.29) is 5.97 Å². The fourth-order valence-electron chi connectivity index (χ4n) is 2.89. The van der Waals surface area contributed by atoms with Crippen LogP contribution in [0.3, 0.4) is 0 Å². The van der Waals surface area contributed by atoms with Crippen LogP contribution in [-0.2, 0) is 9.53 Å². The smallest absolute Gasteiger partial charge is 0.326 e. The van der Waals surface area contributed by atoms with Crippen molar-refractivity contribution in [2.45, 2.75) is 63.5 Å². The van der Waals surface area contributed by atoms with Crippen LogP contribution in [-0.4, -0.2) is 24.7 Å². The summed E-state index contributed by atoms with van der Waals surface area (Å²) in [4.78, 5) is 11.9. The van der Waals surface area contributed by atoms with E-state index in [1.807, 2.05) is 6.92 Å². The molecule has 1 atom stereocenters. The molecule has 92 valence electrons. The zero-order chi connectivity index (χ0) is 11.6. The fraction of sp³-hybridized carbons (Fsp3) is 0.923. The van der Waals surface area contributed by atoms with Gasteiger partial charge in [0.2, 0.25) is 0 Å². The van der Waals surface area contributed by atoms with Crippen molar-refractivity contribution in [2.24, 2.45) is 5.92 Å². The van der Waals surface area contributed by atoms with Crippen LogP contribution in [0.25, 0.3) is 0 Å². The van der Waals surface area contributed by atoms with Crippen LogP contribution in [0.4, 0.5) is 0 Å². The highest BCUT2D eigenvalue weighted by molar-refractivity contribution is 5.81. The van der Waals surface area contributed by atoms with Gasteiger partial charge in [0.05, 0.1) is 7.11 Å². The zero-order valence-electron chi connectivity index (χ0n) is 10.4. The summed E-state index contributed by atoms with van der Waals surface area (Å²) in [5, 5.41) is 3.57. The van der Waals surface area contributed by atoms with Crippen molar-refractivity contribution >= 4 is 5.97 Å².